The molecule has 0 atom stereocenters. The molecule has 0 aliphatic rings. The van der Waals surface area contributed by atoms with Gasteiger partial charge in [0.2, 0.25) is 5.91 Å². The van der Waals surface area contributed by atoms with Gasteiger partial charge in [-0.2, -0.15) is 5.10 Å². The molecule has 5 heteroatoms. The first-order chi connectivity index (χ1) is 11.6. The Balaban J connectivity index is 2.12. The summed E-state index contributed by atoms with van der Waals surface area (Å²) >= 11 is 0. The Kier molecular flexibility index (Phi) is 4.60. The van der Waals surface area contributed by atoms with Gasteiger partial charge in [-0.15, -0.1) is 0 Å². The summed E-state index contributed by atoms with van der Waals surface area (Å²) in [5.41, 5.74) is 4.34. The summed E-state index contributed by atoms with van der Waals surface area (Å²) in [7, 11) is 0. The van der Waals surface area contributed by atoms with Crippen LogP contribution in [0.5, 0.6) is 0 Å². The van der Waals surface area contributed by atoms with Crippen LogP contribution in [0.25, 0.3) is 16.9 Å². The Labute approximate surface area is 141 Å². The van der Waals surface area contributed by atoms with E-state index in [1.165, 1.54) is 0 Å². The van der Waals surface area contributed by atoms with Crippen molar-refractivity contribution in [2.24, 2.45) is 0 Å². The molecule has 124 valence electrons. The van der Waals surface area contributed by atoms with Crippen LogP contribution in [0.4, 0.5) is 0 Å². The molecule has 2 aromatic heterocycles. The molecule has 0 aliphatic heterocycles. The summed E-state index contributed by atoms with van der Waals surface area (Å²) in [5.74, 6) is 0.0993. The highest BCUT2D eigenvalue weighted by Crippen LogP contribution is 2.24. The second-order valence-electron chi connectivity index (χ2n) is 5.76. The molecule has 0 fully saturated rings. The van der Waals surface area contributed by atoms with Gasteiger partial charge in [-0.25, -0.2) is 9.50 Å². The third kappa shape index (κ3) is 3.02. The third-order valence-corrected chi connectivity index (χ3v) is 4.19. The number of carbonyl (C=O) groups excluding carboxylic acids is 1. The summed E-state index contributed by atoms with van der Waals surface area (Å²) < 4.78 is 1.80. The van der Waals surface area contributed by atoms with Gasteiger partial charge in [0.15, 0.2) is 5.65 Å². The van der Waals surface area contributed by atoms with Crippen LogP contribution < -0.4 is 0 Å². The SMILES string of the molecule is CCN(CC)C(=O)Cc1c(-c2ccccc2)nc2ccc(C)nn12. The van der Waals surface area contributed by atoms with Gasteiger partial charge in [0.25, 0.3) is 0 Å². The van der Waals surface area contributed by atoms with E-state index in [0.717, 1.165) is 28.3 Å². The number of imidazole rings is 1. The lowest BCUT2D eigenvalue weighted by Crippen LogP contribution is -2.32. The molecule has 1 aromatic carbocycles. The van der Waals surface area contributed by atoms with Crippen molar-refractivity contribution in [3.63, 3.8) is 0 Å². The van der Waals surface area contributed by atoms with Crippen molar-refractivity contribution in [2.75, 3.05) is 13.1 Å². The maximum Gasteiger partial charge on any atom is 0.228 e. The van der Waals surface area contributed by atoms with E-state index in [-0.39, 0.29) is 5.91 Å². The first-order valence-electron chi connectivity index (χ1n) is 8.32. The molecule has 0 bridgehead atoms. The molecule has 0 saturated heterocycles. The topological polar surface area (TPSA) is 50.5 Å². The normalized spacial score (nSPS) is 11.0. The molecule has 5 nitrogen and oxygen atoms in total. The van der Waals surface area contributed by atoms with Crippen molar-refractivity contribution < 1.29 is 4.79 Å². The highest BCUT2D eigenvalue weighted by Gasteiger charge is 2.20. The molecule has 0 spiro atoms. The van der Waals surface area contributed by atoms with Crippen molar-refractivity contribution in [3.05, 3.63) is 53.9 Å². The van der Waals surface area contributed by atoms with E-state index >= 15 is 0 Å². The van der Waals surface area contributed by atoms with Crippen LogP contribution in [0.1, 0.15) is 25.2 Å². The molecule has 3 aromatic rings. The van der Waals surface area contributed by atoms with Crippen molar-refractivity contribution in [2.45, 2.75) is 27.2 Å². The molecule has 2 heterocycles. The minimum Gasteiger partial charge on any atom is -0.343 e. The smallest absolute Gasteiger partial charge is 0.228 e. The molecule has 0 N–H and O–H groups in total. The lowest BCUT2D eigenvalue weighted by molar-refractivity contribution is -0.130. The minimum absolute atomic E-state index is 0.0993. The molecule has 24 heavy (non-hydrogen) atoms. The van der Waals surface area contributed by atoms with Crippen LogP contribution in [-0.4, -0.2) is 38.5 Å². The number of aryl methyl sites for hydroxylation is 1. The van der Waals surface area contributed by atoms with Crippen LogP contribution >= 0.6 is 0 Å². The standard InChI is InChI=1S/C19H22N4O/c1-4-22(5-2)18(24)13-16-19(15-9-7-6-8-10-15)20-17-12-11-14(3)21-23(16)17/h6-12H,4-5,13H2,1-3H3. The van der Waals surface area contributed by atoms with Gasteiger partial charge in [-0.3, -0.25) is 4.79 Å². The van der Waals surface area contributed by atoms with E-state index in [1.807, 2.05) is 68.1 Å². The van der Waals surface area contributed by atoms with E-state index in [4.69, 9.17) is 4.98 Å². The Morgan fingerprint density at radius 2 is 1.79 bits per heavy atom. The Bertz CT molecular complexity index is 850. The fraction of sp³-hybridized carbons (Fsp3) is 0.316. The van der Waals surface area contributed by atoms with Gasteiger partial charge >= 0.3 is 0 Å². The highest BCUT2D eigenvalue weighted by molar-refractivity contribution is 5.81. The fourth-order valence-corrected chi connectivity index (χ4v) is 2.89. The zero-order valence-corrected chi connectivity index (χ0v) is 14.4. The number of nitrogens with zero attached hydrogens (tertiary/aromatic N) is 4. The highest BCUT2D eigenvalue weighted by atomic mass is 16.2. The molecular formula is C19H22N4O. The number of fused-ring (bicyclic) bond motifs is 1. The van der Waals surface area contributed by atoms with Crippen molar-refractivity contribution >= 4 is 11.6 Å². The fourth-order valence-electron chi connectivity index (χ4n) is 2.89. The molecular weight excluding hydrogens is 300 g/mol. The maximum absolute atomic E-state index is 12.6. The number of hydrogen-bond donors (Lipinski definition) is 0. The second kappa shape index (κ2) is 6.83. The summed E-state index contributed by atoms with van der Waals surface area (Å²) in [6.45, 7) is 7.35. The Morgan fingerprint density at radius 3 is 2.46 bits per heavy atom. The number of benzene rings is 1. The van der Waals surface area contributed by atoms with Gasteiger partial charge in [-0.1, -0.05) is 30.3 Å². The zero-order valence-electron chi connectivity index (χ0n) is 14.4. The average molecular weight is 322 g/mol. The third-order valence-electron chi connectivity index (χ3n) is 4.19. The summed E-state index contributed by atoms with van der Waals surface area (Å²) in [4.78, 5) is 19.2. The van der Waals surface area contributed by atoms with Gasteiger partial charge in [0, 0.05) is 18.7 Å². The largest absolute Gasteiger partial charge is 0.343 e. The summed E-state index contributed by atoms with van der Waals surface area (Å²) in [5, 5.41) is 4.57. The van der Waals surface area contributed by atoms with E-state index in [2.05, 4.69) is 5.10 Å². The van der Waals surface area contributed by atoms with Crippen molar-refractivity contribution in [3.8, 4) is 11.3 Å². The van der Waals surface area contributed by atoms with Gasteiger partial charge in [-0.05, 0) is 32.9 Å². The molecule has 3 rings (SSSR count). The van der Waals surface area contributed by atoms with Gasteiger partial charge in [0.05, 0.1) is 23.5 Å². The van der Waals surface area contributed by atoms with Crippen LogP contribution in [0, 0.1) is 6.92 Å². The number of aromatic nitrogens is 3. The predicted molar refractivity (Wildman–Crippen MR) is 94.8 cm³/mol. The molecule has 0 unspecified atom stereocenters. The molecule has 0 saturated carbocycles. The van der Waals surface area contributed by atoms with E-state index in [1.54, 1.807) is 4.52 Å². The van der Waals surface area contributed by atoms with Crippen molar-refractivity contribution in [1.82, 2.24) is 19.5 Å². The second-order valence-corrected chi connectivity index (χ2v) is 5.76. The van der Waals surface area contributed by atoms with Gasteiger partial charge < -0.3 is 4.90 Å². The summed E-state index contributed by atoms with van der Waals surface area (Å²) in [6.07, 6.45) is 0.295. The predicted octanol–water partition coefficient (Wildman–Crippen LogP) is 3.12. The Hall–Kier alpha value is -2.69. The number of rotatable bonds is 5. The first kappa shape index (κ1) is 16.2. The van der Waals surface area contributed by atoms with E-state index in [0.29, 0.717) is 19.5 Å². The monoisotopic (exact) mass is 322 g/mol. The number of hydrogen-bond acceptors (Lipinski definition) is 3. The van der Waals surface area contributed by atoms with Gasteiger partial charge in [0.1, 0.15) is 0 Å². The van der Waals surface area contributed by atoms with E-state index in [9.17, 15) is 4.79 Å². The van der Waals surface area contributed by atoms with Crippen LogP contribution in [-0.2, 0) is 11.2 Å². The Morgan fingerprint density at radius 1 is 1.08 bits per heavy atom. The lowest BCUT2D eigenvalue weighted by Gasteiger charge is -2.18. The average Bonchev–Trinajstić information content (AvgIpc) is 2.95. The van der Waals surface area contributed by atoms with Crippen LogP contribution in [0.15, 0.2) is 42.5 Å². The quantitative estimate of drug-likeness (QED) is 0.725. The van der Waals surface area contributed by atoms with Crippen LogP contribution in [0.2, 0.25) is 0 Å². The van der Waals surface area contributed by atoms with Crippen LogP contribution in [0.3, 0.4) is 0 Å². The number of amides is 1. The number of carbonyl (C=O) groups is 1. The van der Waals surface area contributed by atoms with Crippen molar-refractivity contribution in [1.29, 1.82) is 0 Å². The lowest BCUT2D eigenvalue weighted by atomic mass is 10.1. The first-order valence-corrected chi connectivity index (χ1v) is 8.32. The maximum atomic E-state index is 12.6. The molecule has 0 radical (unpaired) electrons. The molecule has 1 amide bonds. The summed E-state index contributed by atoms with van der Waals surface area (Å²) in [6, 6.07) is 13.8. The minimum atomic E-state index is 0.0993. The molecule has 0 aliphatic carbocycles. The van der Waals surface area contributed by atoms with E-state index < -0.39 is 0 Å². The number of likely N-dealkylation sites (N-methyl/N-ethyl adjacent to an activating group) is 1. The zero-order chi connectivity index (χ0) is 17.1.